The normalized spacial score (nSPS) is 9.89. The van der Waals surface area contributed by atoms with Gasteiger partial charge in [-0.25, -0.2) is 0 Å². The number of nitrogens with two attached hydrogens (primary N) is 1. The topological polar surface area (TPSA) is 35.2 Å². The minimum Gasteiger partial charge on any atom is -0.385 e. The van der Waals surface area contributed by atoms with Crippen LogP contribution in [0.3, 0.4) is 0 Å². The number of methoxy groups -OCH3 is 1. The van der Waals surface area contributed by atoms with Crippen molar-refractivity contribution in [1.82, 2.24) is 0 Å². The molecule has 0 amide bonds. The minimum atomic E-state index is 0.745. The molecule has 0 bridgehead atoms. The molecule has 0 aromatic heterocycles. The first kappa shape index (κ1) is 14.8. The molecule has 98 valence electrons. The van der Waals surface area contributed by atoms with Crippen LogP contribution >= 0.6 is 0 Å². The number of ether oxygens (including phenoxy) is 1. The lowest BCUT2D eigenvalue weighted by atomic mass is 10.1. The maximum Gasteiger partial charge on any atom is 0.0462 e. The Morgan fingerprint density at radius 2 is 2.11 bits per heavy atom. The van der Waals surface area contributed by atoms with Gasteiger partial charge in [0.2, 0.25) is 0 Å². The Morgan fingerprint density at radius 3 is 2.89 bits per heavy atom. The Balaban J connectivity index is 2.39. The number of aryl methyl sites for hydroxylation is 1. The van der Waals surface area contributed by atoms with Crippen molar-refractivity contribution in [3.63, 3.8) is 0 Å². The summed E-state index contributed by atoms with van der Waals surface area (Å²) in [6.45, 7) is 1.58. The van der Waals surface area contributed by atoms with E-state index in [9.17, 15) is 0 Å². The molecule has 0 aliphatic carbocycles. The standard InChI is InChI=1S/C16H23NO/c1-18-13-5-3-2-4-8-15-9-6-10-16(14-15)11-7-12-17/h6,9-10,14H,2-3,5,7,11-13,17H2,1H3. The lowest BCUT2D eigenvalue weighted by Gasteiger charge is -2.00. The first-order chi connectivity index (χ1) is 8.86. The number of rotatable bonds is 7. The molecule has 2 N–H and O–H groups in total. The largest absolute Gasteiger partial charge is 0.385 e. The van der Waals surface area contributed by atoms with Crippen LogP contribution in [0.15, 0.2) is 24.3 Å². The van der Waals surface area contributed by atoms with Gasteiger partial charge in [-0.3, -0.25) is 0 Å². The van der Waals surface area contributed by atoms with Gasteiger partial charge in [0.05, 0.1) is 0 Å². The van der Waals surface area contributed by atoms with Crippen molar-refractivity contribution in [3.8, 4) is 11.8 Å². The van der Waals surface area contributed by atoms with Crippen molar-refractivity contribution in [3.05, 3.63) is 35.4 Å². The van der Waals surface area contributed by atoms with Gasteiger partial charge in [0.1, 0.15) is 0 Å². The molecule has 0 heterocycles. The third-order valence-corrected chi connectivity index (χ3v) is 2.73. The zero-order chi connectivity index (χ0) is 13.1. The van der Waals surface area contributed by atoms with Crippen LogP contribution in [-0.2, 0) is 11.2 Å². The van der Waals surface area contributed by atoms with Crippen molar-refractivity contribution in [2.45, 2.75) is 32.1 Å². The molecule has 0 unspecified atom stereocenters. The fourth-order valence-electron chi connectivity index (χ4n) is 1.74. The molecule has 2 heteroatoms. The van der Waals surface area contributed by atoms with Gasteiger partial charge in [0, 0.05) is 25.7 Å². The Hall–Kier alpha value is -1.30. The Kier molecular flexibility index (Phi) is 7.96. The van der Waals surface area contributed by atoms with Gasteiger partial charge >= 0.3 is 0 Å². The monoisotopic (exact) mass is 245 g/mol. The summed E-state index contributed by atoms with van der Waals surface area (Å²) >= 11 is 0. The number of hydrogen-bond acceptors (Lipinski definition) is 2. The highest BCUT2D eigenvalue weighted by molar-refractivity contribution is 5.37. The molecular weight excluding hydrogens is 222 g/mol. The molecule has 18 heavy (non-hydrogen) atoms. The van der Waals surface area contributed by atoms with Gasteiger partial charge in [0.25, 0.3) is 0 Å². The van der Waals surface area contributed by atoms with E-state index >= 15 is 0 Å². The van der Waals surface area contributed by atoms with Crippen LogP contribution < -0.4 is 5.73 Å². The van der Waals surface area contributed by atoms with Crippen LogP contribution in [0.4, 0.5) is 0 Å². The summed E-state index contributed by atoms with van der Waals surface area (Å²) in [7, 11) is 1.73. The molecule has 1 rings (SSSR count). The fraction of sp³-hybridized carbons (Fsp3) is 0.500. The first-order valence-electron chi connectivity index (χ1n) is 6.63. The smallest absolute Gasteiger partial charge is 0.0462 e. The zero-order valence-electron chi connectivity index (χ0n) is 11.2. The summed E-state index contributed by atoms with van der Waals surface area (Å²) in [5.41, 5.74) is 7.95. The second-order valence-corrected chi connectivity index (χ2v) is 4.34. The van der Waals surface area contributed by atoms with E-state index < -0.39 is 0 Å². The molecule has 0 atom stereocenters. The second-order valence-electron chi connectivity index (χ2n) is 4.34. The first-order valence-corrected chi connectivity index (χ1v) is 6.63. The lowest BCUT2D eigenvalue weighted by Crippen LogP contribution is -2.00. The SMILES string of the molecule is COCCCCC#Cc1cccc(CCCN)c1. The zero-order valence-corrected chi connectivity index (χ0v) is 11.2. The average molecular weight is 245 g/mol. The predicted octanol–water partition coefficient (Wildman–Crippen LogP) is 2.75. The summed E-state index contributed by atoms with van der Waals surface area (Å²) < 4.78 is 5.00. The van der Waals surface area contributed by atoms with Gasteiger partial charge in [0.15, 0.2) is 0 Å². The summed E-state index contributed by atoms with van der Waals surface area (Å²) in [6.07, 6.45) is 5.21. The molecule has 0 saturated carbocycles. The van der Waals surface area contributed by atoms with Gasteiger partial charge in [-0.1, -0.05) is 24.0 Å². The van der Waals surface area contributed by atoms with Crippen molar-refractivity contribution >= 4 is 0 Å². The minimum absolute atomic E-state index is 0.745. The van der Waals surface area contributed by atoms with Gasteiger partial charge in [-0.05, 0) is 49.9 Å². The molecule has 1 aromatic rings. The van der Waals surface area contributed by atoms with E-state index in [0.29, 0.717) is 0 Å². The van der Waals surface area contributed by atoms with Crippen LogP contribution in [0.2, 0.25) is 0 Å². The van der Waals surface area contributed by atoms with E-state index in [-0.39, 0.29) is 0 Å². The maximum atomic E-state index is 5.51. The van der Waals surface area contributed by atoms with Gasteiger partial charge in [-0.2, -0.15) is 0 Å². The van der Waals surface area contributed by atoms with E-state index in [4.69, 9.17) is 10.5 Å². The third kappa shape index (κ3) is 6.44. The molecule has 0 aliphatic rings. The highest BCUT2D eigenvalue weighted by Gasteiger charge is 1.93. The van der Waals surface area contributed by atoms with Crippen LogP contribution in [0.25, 0.3) is 0 Å². The van der Waals surface area contributed by atoms with Crippen LogP contribution in [0, 0.1) is 11.8 Å². The second kappa shape index (κ2) is 9.70. The van der Waals surface area contributed by atoms with Crippen LogP contribution in [0.1, 0.15) is 36.8 Å². The fourth-order valence-corrected chi connectivity index (χ4v) is 1.74. The molecule has 0 saturated heterocycles. The number of hydrogen-bond donors (Lipinski definition) is 1. The van der Waals surface area contributed by atoms with E-state index in [2.05, 4.69) is 36.1 Å². The Labute approximate surface area is 111 Å². The molecule has 0 spiro atoms. The Morgan fingerprint density at radius 1 is 1.22 bits per heavy atom. The molecular formula is C16H23NO. The van der Waals surface area contributed by atoms with E-state index in [1.807, 2.05) is 0 Å². The number of unbranched alkanes of at least 4 members (excludes halogenated alkanes) is 2. The van der Waals surface area contributed by atoms with E-state index in [1.165, 1.54) is 5.56 Å². The lowest BCUT2D eigenvalue weighted by molar-refractivity contribution is 0.193. The molecule has 0 fully saturated rings. The van der Waals surface area contributed by atoms with Crippen molar-refractivity contribution in [2.75, 3.05) is 20.3 Å². The third-order valence-electron chi connectivity index (χ3n) is 2.73. The molecule has 2 nitrogen and oxygen atoms in total. The molecule has 0 aliphatic heterocycles. The van der Waals surface area contributed by atoms with E-state index in [1.54, 1.807) is 7.11 Å². The summed E-state index contributed by atoms with van der Waals surface area (Å²) in [5.74, 6) is 6.43. The Bertz CT molecular complexity index is 390. The van der Waals surface area contributed by atoms with Crippen molar-refractivity contribution in [2.24, 2.45) is 5.73 Å². The van der Waals surface area contributed by atoms with Crippen LogP contribution in [0.5, 0.6) is 0 Å². The summed E-state index contributed by atoms with van der Waals surface area (Å²) in [6, 6.07) is 8.44. The quantitative estimate of drug-likeness (QED) is 0.592. The predicted molar refractivity (Wildman–Crippen MR) is 76.4 cm³/mol. The van der Waals surface area contributed by atoms with Crippen LogP contribution in [-0.4, -0.2) is 20.3 Å². The van der Waals surface area contributed by atoms with Gasteiger partial charge < -0.3 is 10.5 Å². The van der Waals surface area contributed by atoms with Gasteiger partial charge in [-0.15, -0.1) is 0 Å². The summed E-state index contributed by atoms with van der Waals surface area (Å²) in [4.78, 5) is 0. The summed E-state index contributed by atoms with van der Waals surface area (Å²) in [5, 5.41) is 0. The highest BCUT2D eigenvalue weighted by atomic mass is 16.5. The highest BCUT2D eigenvalue weighted by Crippen LogP contribution is 2.06. The van der Waals surface area contributed by atoms with E-state index in [0.717, 1.165) is 50.8 Å². The number of benzene rings is 1. The van der Waals surface area contributed by atoms with Crippen molar-refractivity contribution < 1.29 is 4.74 Å². The average Bonchev–Trinajstić information content (AvgIpc) is 2.41. The molecule has 0 radical (unpaired) electrons. The van der Waals surface area contributed by atoms with Crippen molar-refractivity contribution in [1.29, 1.82) is 0 Å². The maximum absolute atomic E-state index is 5.51. The molecule has 1 aromatic carbocycles.